The van der Waals surface area contributed by atoms with Crippen LogP contribution in [0.1, 0.15) is 51.8 Å². The fourth-order valence-electron chi connectivity index (χ4n) is 3.88. The van der Waals surface area contributed by atoms with E-state index in [0.717, 1.165) is 49.3 Å². The molecule has 34 heavy (non-hydrogen) atoms. The molecule has 4 rings (SSSR count). The van der Waals surface area contributed by atoms with E-state index in [9.17, 15) is 18.4 Å². The number of nitrogen functional groups attached to an aromatic ring is 1. The highest BCUT2D eigenvalue weighted by molar-refractivity contribution is 7.18. The lowest BCUT2D eigenvalue weighted by atomic mass is 10.0. The second-order valence-corrected chi connectivity index (χ2v) is 8.91. The Bertz CT molecular complexity index is 1170. The zero-order valence-electron chi connectivity index (χ0n) is 18.4. The standard InChI is InChI=1S/C23H24F2N6O2S/c1-2-15(16-7-4-10-27-16)29-22(33)12-8-9-17(28-11-12)30-23-31-21(26)20(34-23)19(32)18-13(24)5-3-6-14(18)25/h3,5-6,8-9,11,15-16,27H,2,4,7,10,26H2,1H3,(H,29,33)(H,28,30,31). The SMILES string of the molecule is CCC(NC(=O)c1ccc(Nc2nc(N)c(C(=O)c3c(F)cccc3F)s2)nc1)C1CCCN1. The summed E-state index contributed by atoms with van der Waals surface area (Å²) in [7, 11) is 0. The second-order valence-electron chi connectivity index (χ2n) is 7.91. The number of hydrogen-bond donors (Lipinski definition) is 4. The molecule has 2 aromatic heterocycles. The minimum atomic E-state index is -0.975. The molecule has 0 radical (unpaired) electrons. The minimum absolute atomic E-state index is 0.0429. The van der Waals surface area contributed by atoms with Crippen LogP contribution in [0, 0.1) is 11.6 Å². The maximum absolute atomic E-state index is 14.0. The molecule has 1 aromatic carbocycles. The maximum Gasteiger partial charge on any atom is 0.253 e. The first-order valence-electron chi connectivity index (χ1n) is 10.9. The molecule has 1 saturated heterocycles. The summed E-state index contributed by atoms with van der Waals surface area (Å²) in [6.07, 6.45) is 4.39. The van der Waals surface area contributed by atoms with Gasteiger partial charge in [0.1, 0.15) is 28.1 Å². The van der Waals surface area contributed by atoms with Gasteiger partial charge in [-0.15, -0.1) is 0 Å². The lowest BCUT2D eigenvalue weighted by Crippen LogP contribution is -2.47. The molecule has 0 aliphatic carbocycles. The number of ketones is 1. The first-order valence-corrected chi connectivity index (χ1v) is 11.7. The van der Waals surface area contributed by atoms with E-state index in [0.29, 0.717) is 11.4 Å². The number of aromatic nitrogens is 2. The number of pyridine rings is 1. The molecule has 0 bridgehead atoms. The summed E-state index contributed by atoms with van der Waals surface area (Å²) < 4.78 is 28.0. The van der Waals surface area contributed by atoms with Gasteiger partial charge in [-0.1, -0.05) is 24.3 Å². The van der Waals surface area contributed by atoms with Gasteiger partial charge < -0.3 is 21.7 Å². The average Bonchev–Trinajstić information content (AvgIpc) is 3.47. The summed E-state index contributed by atoms with van der Waals surface area (Å²) in [4.78, 5) is 33.4. The normalized spacial score (nSPS) is 16.3. The molecule has 1 aliphatic rings. The van der Waals surface area contributed by atoms with Crippen LogP contribution in [-0.2, 0) is 0 Å². The van der Waals surface area contributed by atoms with Crippen molar-refractivity contribution in [3.8, 4) is 0 Å². The van der Waals surface area contributed by atoms with Crippen LogP contribution in [0.4, 0.5) is 25.5 Å². The van der Waals surface area contributed by atoms with Crippen LogP contribution < -0.4 is 21.7 Å². The molecular weight excluding hydrogens is 462 g/mol. The lowest BCUT2D eigenvalue weighted by molar-refractivity contribution is 0.0926. The van der Waals surface area contributed by atoms with Gasteiger partial charge in [0.25, 0.3) is 5.91 Å². The smallest absolute Gasteiger partial charge is 0.253 e. The largest absolute Gasteiger partial charge is 0.382 e. The number of nitrogens with two attached hydrogens (primary N) is 1. The van der Waals surface area contributed by atoms with Crippen LogP contribution in [-0.4, -0.2) is 40.3 Å². The van der Waals surface area contributed by atoms with Crippen LogP contribution in [0.3, 0.4) is 0 Å². The van der Waals surface area contributed by atoms with Crippen molar-refractivity contribution >= 4 is 39.8 Å². The zero-order chi connectivity index (χ0) is 24.2. The number of thiazole rings is 1. The first kappa shape index (κ1) is 23.7. The Morgan fingerprint density at radius 2 is 2.03 bits per heavy atom. The summed E-state index contributed by atoms with van der Waals surface area (Å²) in [6, 6.07) is 6.71. The molecule has 8 nitrogen and oxygen atoms in total. The number of hydrogen-bond acceptors (Lipinski definition) is 8. The maximum atomic E-state index is 14.0. The molecule has 2 unspecified atom stereocenters. The van der Waals surface area contributed by atoms with Crippen molar-refractivity contribution in [3.63, 3.8) is 0 Å². The Hall–Kier alpha value is -3.44. The molecule has 11 heteroatoms. The monoisotopic (exact) mass is 486 g/mol. The third kappa shape index (κ3) is 5.05. The van der Waals surface area contributed by atoms with Crippen LogP contribution in [0.15, 0.2) is 36.5 Å². The molecule has 3 aromatic rings. The van der Waals surface area contributed by atoms with Crippen LogP contribution in [0.25, 0.3) is 0 Å². The Morgan fingerprint density at radius 1 is 1.26 bits per heavy atom. The molecule has 3 heterocycles. The average molecular weight is 487 g/mol. The zero-order valence-corrected chi connectivity index (χ0v) is 19.2. The van der Waals surface area contributed by atoms with Gasteiger partial charge in [-0.2, -0.15) is 0 Å². The number of halogens is 2. The Morgan fingerprint density at radius 3 is 2.65 bits per heavy atom. The Kier molecular flexibility index (Phi) is 7.13. The Labute approximate surface area is 199 Å². The third-order valence-electron chi connectivity index (χ3n) is 5.65. The summed E-state index contributed by atoms with van der Waals surface area (Å²) in [5.74, 6) is -2.83. The fourth-order valence-corrected chi connectivity index (χ4v) is 4.72. The van der Waals surface area contributed by atoms with Gasteiger partial charge in [0, 0.05) is 18.3 Å². The lowest BCUT2D eigenvalue weighted by Gasteiger charge is -2.23. The van der Waals surface area contributed by atoms with Gasteiger partial charge in [0.2, 0.25) is 5.78 Å². The van der Waals surface area contributed by atoms with Crippen molar-refractivity contribution in [1.82, 2.24) is 20.6 Å². The molecule has 1 aliphatic heterocycles. The summed E-state index contributed by atoms with van der Waals surface area (Å²) >= 11 is 0.854. The first-order chi connectivity index (χ1) is 16.4. The number of amides is 1. The predicted octanol–water partition coefficient (Wildman–Crippen LogP) is 3.63. The predicted molar refractivity (Wildman–Crippen MR) is 126 cm³/mol. The molecule has 0 spiro atoms. The van der Waals surface area contributed by atoms with Crippen molar-refractivity contribution < 1.29 is 18.4 Å². The highest BCUT2D eigenvalue weighted by Gasteiger charge is 2.26. The topological polar surface area (TPSA) is 122 Å². The van der Waals surface area contributed by atoms with Crippen molar-refractivity contribution in [2.75, 3.05) is 17.6 Å². The van der Waals surface area contributed by atoms with Gasteiger partial charge in [0.15, 0.2) is 5.13 Å². The number of anilines is 3. The van der Waals surface area contributed by atoms with Gasteiger partial charge in [-0.25, -0.2) is 18.7 Å². The molecular formula is C23H24F2N6O2S. The van der Waals surface area contributed by atoms with Gasteiger partial charge in [0.05, 0.1) is 11.1 Å². The summed E-state index contributed by atoms with van der Waals surface area (Å²) in [5, 5.41) is 9.59. The molecule has 0 saturated carbocycles. The number of benzene rings is 1. The quantitative estimate of drug-likeness (QED) is 0.359. The number of carbonyl (C=O) groups is 2. The van der Waals surface area contributed by atoms with E-state index in [1.807, 2.05) is 6.92 Å². The van der Waals surface area contributed by atoms with Gasteiger partial charge in [-0.3, -0.25) is 9.59 Å². The number of carbonyl (C=O) groups excluding carboxylic acids is 2. The molecule has 178 valence electrons. The summed E-state index contributed by atoms with van der Waals surface area (Å²) in [5.41, 5.74) is 5.55. The van der Waals surface area contributed by atoms with Crippen LogP contribution >= 0.6 is 11.3 Å². The van der Waals surface area contributed by atoms with E-state index in [1.54, 1.807) is 12.1 Å². The minimum Gasteiger partial charge on any atom is -0.382 e. The van der Waals surface area contributed by atoms with E-state index in [-0.39, 0.29) is 33.8 Å². The van der Waals surface area contributed by atoms with E-state index < -0.39 is 23.0 Å². The number of nitrogens with one attached hydrogen (secondary N) is 3. The van der Waals surface area contributed by atoms with Crippen LogP contribution in [0.2, 0.25) is 0 Å². The molecule has 5 N–H and O–H groups in total. The van der Waals surface area contributed by atoms with E-state index >= 15 is 0 Å². The second kappa shape index (κ2) is 10.2. The molecule has 2 atom stereocenters. The third-order valence-corrected chi connectivity index (χ3v) is 6.64. The Balaban J connectivity index is 1.44. The van der Waals surface area contributed by atoms with Gasteiger partial charge >= 0.3 is 0 Å². The van der Waals surface area contributed by atoms with Gasteiger partial charge in [-0.05, 0) is 50.1 Å². The van der Waals surface area contributed by atoms with E-state index in [2.05, 4.69) is 25.9 Å². The van der Waals surface area contributed by atoms with Crippen molar-refractivity contribution in [2.24, 2.45) is 0 Å². The highest BCUT2D eigenvalue weighted by Crippen LogP contribution is 2.30. The van der Waals surface area contributed by atoms with Crippen LogP contribution in [0.5, 0.6) is 0 Å². The van der Waals surface area contributed by atoms with Crippen molar-refractivity contribution in [3.05, 3.63) is 64.2 Å². The molecule has 1 amide bonds. The number of rotatable bonds is 8. The van der Waals surface area contributed by atoms with Crippen molar-refractivity contribution in [2.45, 2.75) is 38.3 Å². The summed E-state index contributed by atoms with van der Waals surface area (Å²) in [6.45, 7) is 3.00. The fraction of sp³-hybridized carbons (Fsp3) is 0.304. The highest BCUT2D eigenvalue weighted by atomic mass is 32.1. The van der Waals surface area contributed by atoms with Crippen molar-refractivity contribution in [1.29, 1.82) is 0 Å². The van der Waals surface area contributed by atoms with E-state index in [4.69, 9.17) is 5.73 Å². The van der Waals surface area contributed by atoms with E-state index in [1.165, 1.54) is 12.3 Å². The number of nitrogens with zero attached hydrogens (tertiary/aromatic N) is 2. The molecule has 1 fully saturated rings.